The summed E-state index contributed by atoms with van der Waals surface area (Å²) in [7, 11) is -3.60. The summed E-state index contributed by atoms with van der Waals surface area (Å²) >= 11 is 1.44. The van der Waals surface area contributed by atoms with Gasteiger partial charge in [-0.15, -0.1) is 11.3 Å². The van der Waals surface area contributed by atoms with Gasteiger partial charge in [0.2, 0.25) is 10.0 Å². The molecule has 4 aromatic rings. The lowest BCUT2D eigenvalue weighted by Crippen LogP contribution is -2.35. The van der Waals surface area contributed by atoms with Crippen molar-refractivity contribution in [2.24, 2.45) is 0 Å². The molecule has 7 heteroatoms. The number of thiophene rings is 1. The molecule has 0 aliphatic carbocycles. The fraction of sp³-hybridized carbons (Fsp3) is 0.160. The van der Waals surface area contributed by atoms with Crippen molar-refractivity contribution in [1.82, 2.24) is 4.90 Å². The highest BCUT2D eigenvalue weighted by Crippen LogP contribution is 2.26. The average molecular weight is 463 g/mol. The van der Waals surface area contributed by atoms with Gasteiger partial charge in [0.05, 0.1) is 10.6 Å². The second kappa shape index (κ2) is 8.41. The fourth-order valence-electron chi connectivity index (χ4n) is 4.19. The number of nitrogens with one attached hydrogen (secondary N) is 1. The van der Waals surface area contributed by atoms with Crippen molar-refractivity contribution in [3.05, 3.63) is 99.7 Å². The highest BCUT2D eigenvalue weighted by Gasteiger charge is 2.23. The molecular formula is C25H22N2O3S2. The number of nitrogens with zero attached hydrogens (tertiary/aromatic N) is 1. The molecule has 0 radical (unpaired) electrons. The summed E-state index contributed by atoms with van der Waals surface area (Å²) < 4.78 is 28.6. The molecule has 0 bridgehead atoms. The van der Waals surface area contributed by atoms with Gasteiger partial charge in [0.15, 0.2) is 0 Å². The predicted molar refractivity (Wildman–Crippen MR) is 129 cm³/mol. The minimum atomic E-state index is -3.60. The lowest BCUT2D eigenvalue weighted by Gasteiger charge is -2.29. The number of carbonyl (C=O) groups is 1. The lowest BCUT2D eigenvalue weighted by atomic mass is 9.99. The van der Waals surface area contributed by atoms with Crippen LogP contribution in [0.4, 0.5) is 5.69 Å². The minimum absolute atomic E-state index is 0.0209. The molecular weight excluding hydrogens is 440 g/mol. The van der Waals surface area contributed by atoms with Crippen molar-refractivity contribution >= 4 is 43.7 Å². The summed E-state index contributed by atoms with van der Waals surface area (Å²) in [5.41, 5.74) is 3.42. The van der Waals surface area contributed by atoms with E-state index < -0.39 is 10.0 Å². The largest absolute Gasteiger partial charge is 0.333 e. The Morgan fingerprint density at radius 3 is 2.66 bits per heavy atom. The van der Waals surface area contributed by atoms with E-state index in [-0.39, 0.29) is 11.7 Å². The molecule has 0 atom stereocenters. The first-order chi connectivity index (χ1) is 15.5. The number of carbonyl (C=O) groups excluding carboxylic acids is 1. The molecule has 5 rings (SSSR count). The molecule has 0 fully saturated rings. The Bertz CT molecular complexity index is 1390. The smallest absolute Gasteiger partial charge is 0.264 e. The highest BCUT2D eigenvalue weighted by atomic mass is 32.2. The van der Waals surface area contributed by atoms with Gasteiger partial charge in [-0.3, -0.25) is 9.52 Å². The van der Waals surface area contributed by atoms with Gasteiger partial charge >= 0.3 is 0 Å². The van der Waals surface area contributed by atoms with E-state index in [2.05, 4.69) is 4.72 Å². The summed E-state index contributed by atoms with van der Waals surface area (Å²) in [6.07, 6.45) is 0.759. The van der Waals surface area contributed by atoms with Gasteiger partial charge in [-0.2, -0.15) is 0 Å². The predicted octanol–water partition coefficient (Wildman–Crippen LogP) is 5.04. The summed E-state index contributed by atoms with van der Waals surface area (Å²) in [6.45, 7) is 1.14. The van der Waals surface area contributed by atoms with Gasteiger partial charge in [0, 0.05) is 18.8 Å². The molecule has 162 valence electrons. The quantitative estimate of drug-likeness (QED) is 0.452. The maximum atomic E-state index is 12.9. The number of sulfonamides is 1. The van der Waals surface area contributed by atoms with Crippen molar-refractivity contribution in [2.45, 2.75) is 18.7 Å². The Balaban J connectivity index is 1.35. The zero-order chi connectivity index (χ0) is 22.1. The van der Waals surface area contributed by atoms with Gasteiger partial charge in [-0.05, 0) is 57.5 Å². The summed E-state index contributed by atoms with van der Waals surface area (Å²) in [5, 5.41) is 3.85. The molecule has 1 aliphatic rings. The second-order valence-electron chi connectivity index (χ2n) is 7.94. The van der Waals surface area contributed by atoms with Gasteiger partial charge in [-0.1, -0.05) is 54.6 Å². The van der Waals surface area contributed by atoms with Crippen molar-refractivity contribution in [3.8, 4) is 0 Å². The van der Waals surface area contributed by atoms with Crippen LogP contribution >= 0.6 is 11.3 Å². The van der Waals surface area contributed by atoms with Crippen LogP contribution in [0.25, 0.3) is 10.8 Å². The number of amides is 1. The second-order valence-corrected chi connectivity index (χ2v) is 10.6. The molecule has 0 saturated carbocycles. The third-order valence-corrected chi connectivity index (χ3v) is 7.83. The number of hydrogen-bond donors (Lipinski definition) is 1. The Morgan fingerprint density at radius 1 is 0.969 bits per heavy atom. The SMILES string of the molecule is O=C(c1cccs1)N1CCc2ccc(NS(=O)(=O)Cc3cccc4ccccc34)cc2C1. The van der Waals surface area contributed by atoms with E-state index in [1.54, 1.807) is 6.07 Å². The van der Waals surface area contributed by atoms with Crippen LogP contribution in [0.2, 0.25) is 0 Å². The third kappa shape index (κ3) is 4.26. The molecule has 5 nitrogen and oxygen atoms in total. The van der Waals surface area contributed by atoms with Crippen molar-refractivity contribution in [2.75, 3.05) is 11.3 Å². The van der Waals surface area contributed by atoms with E-state index in [0.29, 0.717) is 18.8 Å². The van der Waals surface area contributed by atoms with Crippen LogP contribution in [-0.4, -0.2) is 25.8 Å². The Labute approximate surface area is 191 Å². The molecule has 1 aliphatic heterocycles. The monoisotopic (exact) mass is 462 g/mol. The van der Waals surface area contributed by atoms with E-state index in [0.717, 1.165) is 38.8 Å². The standard InChI is InChI=1S/C25H22N2O3S2/c28-25(24-9-4-14-31-24)27-13-12-18-10-11-22(15-21(18)16-27)26-32(29,30)17-20-7-3-6-19-5-1-2-8-23(19)20/h1-11,14-15,26H,12-13,16-17H2. The van der Waals surface area contributed by atoms with Crippen LogP contribution in [0.15, 0.2) is 78.2 Å². The van der Waals surface area contributed by atoms with Crippen LogP contribution in [0.5, 0.6) is 0 Å². The normalized spacial score (nSPS) is 13.7. The molecule has 1 N–H and O–H groups in total. The fourth-order valence-corrected chi connectivity index (χ4v) is 6.10. The number of fused-ring (bicyclic) bond motifs is 2. The van der Waals surface area contributed by atoms with E-state index in [4.69, 9.17) is 0 Å². The van der Waals surface area contributed by atoms with Crippen molar-refractivity contribution in [3.63, 3.8) is 0 Å². The first kappa shape index (κ1) is 20.7. The Hall–Kier alpha value is -3.16. The highest BCUT2D eigenvalue weighted by molar-refractivity contribution is 7.91. The average Bonchev–Trinajstić information content (AvgIpc) is 3.33. The Kier molecular flexibility index (Phi) is 5.45. The topological polar surface area (TPSA) is 66.5 Å². The van der Waals surface area contributed by atoms with Gasteiger partial charge in [0.25, 0.3) is 5.91 Å². The van der Waals surface area contributed by atoms with E-state index in [9.17, 15) is 13.2 Å². The van der Waals surface area contributed by atoms with Crippen LogP contribution in [0, 0.1) is 0 Å². The van der Waals surface area contributed by atoms with Crippen molar-refractivity contribution in [1.29, 1.82) is 0 Å². The van der Waals surface area contributed by atoms with Gasteiger partial charge in [0.1, 0.15) is 0 Å². The van der Waals surface area contributed by atoms with Crippen molar-refractivity contribution < 1.29 is 13.2 Å². The Morgan fingerprint density at radius 2 is 1.81 bits per heavy atom. The molecule has 0 saturated heterocycles. The van der Waals surface area contributed by atoms with Crippen LogP contribution in [-0.2, 0) is 28.7 Å². The molecule has 2 heterocycles. The maximum Gasteiger partial charge on any atom is 0.264 e. The number of anilines is 1. The lowest BCUT2D eigenvalue weighted by molar-refractivity contribution is 0.0739. The van der Waals surface area contributed by atoms with E-state index in [1.807, 2.05) is 77.0 Å². The molecule has 0 unspecified atom stereocenters. The number of rotatable bonds is 5. The summed E-state index contributed by atoms with van der Waals surface area (Å²) in [4.78, 5) is 15.3. The third-order valence-electron chi connectivity index (χ3n) is 5.74. The first-order valence-electron chi connectivity index (χ1n) is 10.4. The van der Waals surface area contributed by atoms with Crippen LogP contribution in [0.1, 0.15) is 26.4 Å². The van der Waals surface area contributed by atoms with Gasteiger partial charge in [-0.25, -0.2) is 8.42 Å². The molecule has 3 aromatic carbocycles. The molecule has 32 heavy (non-hydrogen) atoms. The van der Waals surface area contributed by atoms with E-state index in [1.165, 1.54) is 11.3 Å². The maximum absolute atomic E-state index is 12.9. The molecule has 1 aromatic heterocycles. The van der Waals surface area contributed by atoms with Crippen LogP contribution in [0.3, 0.4) is 0 Å². The first-order valence-corrected chi connectivity index (χ1v) is 12.9. The van der Waals surface area contributed by atoms with Gasteiger partial charge < -0.3 is 4.90 Å². The van der Waals surface area contributed by atoms with E-state index >= 15 is 0 Å². The van der Waals surface area contributed by atoms with Crippen LogP contribution < -0.4 is 4.72 Å². The number of benzene rings is 3. The zero-order valence-electron chi connectivity index (χ0n) is 17.3. The molecule has 0 spiro atoms. The minimum Gasteiger partial charge on any atom is -0.333 e. The molecule has 1 amide bonds. The zero-order valence-corrected chi connectivity index (χ0v) is 19.0. The summed E-state index contributed by atoms with van der Waals surface area (Å²) in [6, 6.07) is 22.8. The summed E-state index contributed by atoms with van der Waals surface area (Å²) in [5.74, 6) is -0.0818. The number of hydrogen-bond acceptors (Lipinski definition) is 4.